The van der Waals surface area contributed by atoms with Crippen molar-refractivity contribution in [2.45, 2.75) is 32.8 Å². The van der Waals surface area contributed by atoms with Crippen LogP contribution >= 0.6 is 0 Å². The molecule has 2 aromatic rings. The van der Waals surface area contributed by atoms with E-state index >= 15 is 0 Å². The van der Waals surface area contributed by atoms with Gasteiger partial charge < -0.3 is 9.84 Å². The van der Waals surface area contributed by atoms with Crippen molar-refractivity contribution in [2.75, 3.05) is 6.61 Å². The van der Waals surface area contributed by atoms with Crippen molar-refractivity contribution < 1.29 is 9.84 Å². The first-order chi connectivity index (χ1) is 9.67. The molecule has 0 aliphatic carbocycles. The zero-order valence-corrected chi connectivity index (χ0v) is 12.3. The number of rotatable bonds is 6. The Morgan fingerprint density at radius 2 is 2.00 bits per heavy atom. The number of ether oxygens (including phenoxy) is 1. The van der Waals surface area contributed by atoms with Gasteiger partial charge in [0.15, 0.2) is 0 Å². The Labute approximate surface area is 120 Å². The molecule has 108 valence electrons. The highest BCUT2D eigenvalue weighted by atomic mass is 16.5. The van der Waals surface area contributed by atoms with Gasteiger partial charge in [-0.25, -0.2) is 0 Å². The molecule has 20 heavy (non-hydrogen) atoms. The van der Waals surface area contributed by atoms with Crippen LogP contribution < -0.4 is 4.74 Å². The second kappa shape index (κ2) is 6.57. The minimum atomic E-state index is -0.702. The van der Waals surface area contributed by atoms with E-state index in [-0.39, 0.29) is 0 Å². The predicted molar refractivity (Wildman–Crippen MR) is 78.9 cm³/mol. The van der Waals surface area contributed by atoms with Gasteiger partial charge in [-0.2, -0.15) is 5.10 Å². The lowest BCUT2D eigenvalue weighted by atomic mass is 10.0. The van der Waals surface area contributed by atoms with Crippen molar-refractivity contribution in [1.82, 2.24) is 9.78 Å². The van der Waals surface area contributed by atoms with Crippen LogP contribution in [0.2, 0.25) is 0 Å². The summed E-state index contributed by atoms with van der Waals surface area (Å²) in [6.45, 7) is 4.75. The molecular weight excluding hydrogens is 252 g/mol. The van der Waals surface area contributed by atoms with E-state index in [0.717, 1.165) is 35.4 Å². The second-order valence-corrected chi connectivity index (χ2v) is 4.85. The van der Waals surface area contributed by atoms with Gasteiger partial charge in [0, 0.05) is 24.4 Å². The molecule has 0 fully saturated rings. The number of para-hydroxylation sites is 1. The largest absolute Gasteiger partial charge is 0.493 e. The Bertz CT molecular complexity index is 563. The SMILES string of the molecule is CCCOc1ccccc1C(O)c1cn(C)nc1CC. The van der Waals surface area contributed by atoms with E-state index in [0.29, 0.717) is 6.61 Å². The lowest BCUT2D eigenvalue weighted by molar-refractivity contribution is 0.209. The van der Waals surface area contributed by atoms with Gasteiger partial charge in [0.05, 0.1) is 12.3 Å². The van der Waals surface area contributed by atoms with E-state index in [2.05, 4.69) is 12.0 Å². The van der Waals surface area contributed by atoms with Crippen LogP contribution in [0, 0.1) is 0 Å². The number of aryl methyl sites for hydroxylation is 2. The van der Waals surface area contributed by atoms with Crippen molar-refractivity contribution in [3.8, 4) is 5.75 Å². The molecule has 0 aliphatic rings. The Kier molecular flexibility index (Phi) is 4.79. The molecule has 0 spiro atoms. The third-order valence-electron chi connectivity index (χ3n) is 3.24. The molecule has 1 aromatic heterocycles. The lowest BCUT2D eigenvalue weighted by Crippen LogP contribution is -2.06. The van der Waals surface area contributed by atoms with E-state index in [1.54, 1.807) is 4.68 Å². The number of aliphatic hydroxyl groups is 1. The molecule has 0 aliphatic heterocycles. The van der Waals surface area contributed by atoms with Gasteiger partial charge in [0.2, 0.25) is 0 Å². The summed E-state index contributed by atoms with van der Waals surface area (Å²) in [6, 6.07) is 7.64. The van der Waals surface area contributed by atoms with E-state index in [1.165, 1.54) is 0 Å². The van der Waals surface area contributed by atoms with Crippen molar-refractivity contribution in [3.63, 3.8) is 0 Å². The molecule has 0 bridgehead atoms. The highest BCUT2D eigenvalue weighted by molar-refractivity contribution is 5.41. The summed E-state index contributed by atoms with van der Waals surface area (Å²) >= 11 is 0. The van der Waals surface area contributed by atoms with Crippen molar-refractivity contribution >= 4 is 0 Å². The summed E-state index contributed by atoms with van der Waals surface area (Å²) in [4.78, 5) is 0. The first-order valence-electron chi connectivity index (χ1n) is 7.09. The molecule has 4 heteroatoms. The fourth-order valence-electron chi connectivity index (χ4n) is 2.27. The number of nitrogens with zero attached hydrogens (tertiary/aromatic N) is 2. The van der Waals surface area contributed by atoms with Crippen LogP contribution in [-0.2, 0) is 13.5 Å². The molecule has 4 nitrogen and oxygen atoms in total. The maximum Gasteiger partial charge on any atom is 0.125 e. The zero-order chi connectivity index (χ0) is 14.5. The molecule has 0 saturated carbocycles. The summed E-state index contributed by atoms with van der Waals surface area (Å²) in [6.07, 6.45) is 2.91. The average Bonchev–Trinajstić information content (AvgIpc) is 2.85. The first kappa shape index (κ1) is 14.6. The van der Waals surface area contributed by atoms with Crippen LogP contribution in [0.25, 0.3) is 0 Å². The number of benzene rings is 1. The average molecular weight is 274 g/mol. The van der Waals surface area contributed by atoms with E-state index < -0.39 is 6.10 Å². The molecule has 0 amide bonds. The molecule has 0 radical (unpaired) electrons. The quantitative estimate of drug-likeness (QED) is 0.881. The third kappa shape index (κ3) is 3.02. The highest BCUT2D eigenvalue weighted by Crippen LogP contribution is 2.31. The van der Waals surface area contributed by atoms with Crippen LogP contribution in [0.4, 0.5) is 0 Å². The van der Waals surface area contributed by atoms with Crippen LogP contribution in [0.1, 0.15) is 43.2 Å². The normalized spacial score (nSPS) is 12.4. The monoisotopic (exact) mass is 274 g/mol. The molecular formula is C16H22N2O2. The lowest BCUT2D eigenvalue weighted by Gasteiger charge is -2.16. The van der Waals surface area contributed by atoms with Crippen LogP contribution in [0.15, 0.2) is 30.5 Å². The summed E-state index contributed by atoms with van der Waals surface area (Å²) in [5.74, 6) is 0.743. The van der Waals surface area contributed by atoms with Gasteiger partial charge in [-0.15, -0.1) is 0 Å². The van der Waals surface area contributed by atoms with E-state index in [9.17, 15) is 5.11 Å². The fraction of sp³-hybridized carbons (Fsp3) is 0.438. The van der Waals surface area contributed by atoms with Crippen LogP contribution in [0.5, 0.6) is 5.75 Å². The smallest absolute Gasteiger partial charge is 0.125 e. The summed E-state index contributed by atoms with van der Waals surface area (Å²) < 4.78 is 7.46. The highest BCUT2D eigenvalue weighted by Gasteiger charge is 2.20. The molecule has 1 aromatic carbocycles. The van der Waals surface area contributed by atoms with Crippen molar-refractivity contribution in [2.24, 2.45) is 7.05 Å². The number of hydrogen-bond donors (Lipinski definition) is 1. The number of aliphatic hydroxyl groups excluding tert-OH is 1. The van der Waals surface area contributed by atoms with Crippen molar-refractivity contribution in [1.29, 1.82) is 0 Å². The molecule has 1 heterocycles. The van der Waals surface area contributed by atoms with Gasteiger partial charge in [-0.1, -0.05) is 32.0 Å². The van der Waals surface area contributed by atoms with Gasteiger partial charge in [-0.3, -0.25) is 4.68 Å². The maximum absolute atomic E-state index is 10.7. The summed E-state index contributed by atoms with van der Waals surface area (Å²) in [5, 5.41) is 15.0. The summed E-state index contributed by atoms with van der Waals surface area (Å²) in [5.41, 5.74) is 2.57. The predicted octanol–water partition coefficient (Wildman–Crippen LogP) is 2.85. The fourth-order valence-corrected chi connectivity index (χ4v) is 2.27. The van der Waals surface area contributed by atoms with Gasteiger partial charge in [-0.05, 0) is 18.9 Å². The topological polar surface area (TPSA) is 47.3 Å². The number of hydrogen-bond acceptors (Lipinski definition) is 3. The Balaban J connectivity index is 2.34. The molecule has 1 unspecified atom stereocenters. The van der Waals surface area contributed by atoms with Crippen molar-refractivity contribution in [3.05, 3.63) is 47.3 Å². The van der Waals surface area contributed by atoms with Gasteiger partial charge in [0.1, 0.15) is 11.9 Å². The molecule has 0 saturated heterocycles. The maximum atomic E-state index is 10.7. The summed E-state index contributed by atoms with van der Waals surface area (Å²) in [7, 11) is 1.87. The molecule has 1 atom stereocenters. The van der Waals surface area contributed by atoms with E-state index in [1.807, 2.05) is 44.4 Å². The van der Waals surface area contributed by atoms with E-state index in [4.69, 9.17) is 4.74 Å². The van der Waals surface area contributed by atoms with Gasteiger partial charge in [0.25, 0.3) is 0 Å². The minimum Gasteiger partial charge on any atom is -0.493 e. The molecule has 2 rings (SSSR count). The third-order valence-corrected chi connectivity index (χ3v) is 3.24. The zero-order valence-electron chi connectivity index (χ0n) is 12.3. The minimum absolute atomic E-state index is 0.650. The van der Waals surface area contributed by atoms with Crippen LogP contribution in [0.3, 0.4) is 0 Å². The standard InChI is InChI=1S/C16H22N2O2/c1-4-10-20-15-9-7-6-8-12(15)16(19)13-11-18(3)17-14(13)5-2/h6-9,11,16,19H,4-5,10H2,1-3H3. The van der Waals surface area contributed by atoms with Crippen LogP contribution in [-0.4, -0.2) is 21.5 Å². The Morgan fingerprint density at radius 3 is 2.70 bits per heavy atom. The first-order valence-corrected chi connectivity index (χ1v) is 7.09. The molecule has 1 N–H and O–H groups in total. The Hall–Kier alpha value is -1.81. The second-order valence-electron chi connectivity index (χ2n) is 4.85. The number of aromatic nitrogens is 2. The van der Waals surface area contributed by atoms with Gasteiger partial charge >= 0.3 is 0 Å². The Morgan fingerprint density at radius 1 is 1.25 bits per heavy atom.